The van der Waals surface area contributed by atoms with Gasteiger partial charge in [0, 0.05) is 12.2 Å². The highest BCUT2D eigenvalue weighted by atomic mass is 16.5. The van der Waals surface area contributed by atoms with Gasteiger partial charge in [0.05, 0.1) is 12.3 Å². The van der Waals surface area contributed by atoms with Gasteiger partial charge in [0.2, 0.25) is 11.8 Å². The number of anilines is 2. The zero-order chi connectivity index (χ0) is 17.6. The maximum absolute atomic E-state index is 12.6. The molecule has 0 saturated heterocycles. The number of para-hydroxylation sites is 3. The summed E-state index contributed by atoms with van der Waals surface area (Å²) in [4.78, 5) is 26.6. The van der Waals surface area contributed by atoms with E-state index in [9.17, 15) is 9.59 Å². The van der Waals surface area contributed by atoms with Crippen molar-refractivity contribution in [1.82, 2.24) is 0 Å². The number of ether oxygens (including phenoxy) is 1. The minimum Gasteiger partial charge on any atom is -0.492 e. The van der Waals surface area contributed by atoms with Gasteiger partial charge in [-0.2, -0.15) is 0 Å². The number of carbonyl (C=O) groups excluding carboxylic acids is 2. The number of carbonyl (C=O) groups is 2. The summed E-state index contributed by atoms with van der Waals surface area (Å²) in [7, 11) is 0. The van der Waals surface area contributed by atoms with E-state index in [4.69, 9.17) is 4.74 Å². The summed E-state index contributed by atoms with van der Waals surface area (Å²) in [6.07, 6.45) is 1.69. The predicted octanol–water partition coefficient (Wildman–Crippen LogP) is 3.39. The number of hydrogen-bond acceptors (Lipinski definition) is 3. The first-order valence-electron chi connectivity index (χ1n) is 8.59. The third-order valence-electron chi connectivity index (χ3n) is 4.18. The van der Waals surface area contributed by atoms with Crippen molar-refractivity contribution in [1.29, 1.82) is 0 Å². The summed E-state index contributed by atoms with van der Waals surface area (Å²) in [6.45, 7) is 3.05. The summed E-state index contributed by atoms with van der Waals surface area (Å²) in [6, 6.07) is 15.1. The Kier molecular flexibility index (Phi) is 5.33. The van der Waals surface area contributed by atoms with E-state index >= 15 is 0 Å². The molecular weight excluding hydrogens is 316 g/mol. The standard InChI is InChI=1S/C20H22N2O3/c1-2-25-18-12-6-4-10-16(18)21-19(23)14-20(24)22-13-7-9-15-8-3-5-11-17(15)22/h3-6,8,10-12H,2,7,9,13-14H2,1H3,(H,21,23). The number of nitrogens with zero attached hydrogens (tertiary/aromatic N) is 1. The summed E-state index contributed by atoms with van der Waals surface area (Å²) in [5, 5.41) is 2.78. The Morgan fingerprint density at radius 3 is 2.72 bits per heavy atom. The molecule has 0 atom stereocenters. The molecule has 25 heavy (non-hydrogen) atoms. The lowest BCUT2D eigenvalue weighted by Gasteiger charge is -2.29. The molecule has 0 saturated carbocycles. The van der Waals surface area contributed by atoms with Crippen LogP contribution >= 0.6 is 0 Å². The molecule has 130 valence electrons. The van der Waals surface area contributed by atoms with Crippen molar-refractivity contribution in [2.45, 2.75) is 26.2 Å². The van der Waals surface area contributed by atoms with E-state index in [1.807, 2.05) is 43.3 Å². The second-order valence-corrected chi connectivity index (χ2v) is 5.93. The van der Waals surface area contributed by atoms with Gasteiger partial charge in [0.1, 0.15) is 12.2 Å². The van der Waals surface area contributed by atoms with E-state index in [1.165, 1.54) is 0 Å². The van der Waals surface area contributed by atoms with Crippen molar-refractivity contribution >= 4 is 23.2 Å². The lowest BCUT2D eigenvalue weighted by molar-refractivity contribution is -0.125. The second kappa shape index (κ2) is 7.83. The smallest absolute Gasteiger partial charge is 0.236 e. The van der Waals surface area contributed by atoms with Crippen LogP contribution in [0.4, 0.5) is 11.4 Å². The molecule has 2 aromatic carbocycles. The molecule has 5 nitrogen and oxygen atoms in total. The van der Waals surface area contributed by atoms with Crippen molar-refractivity contribution in [2.75, 3.05) is 23.4 Å². The topological polar surface area (TPSA) is 58.6 Å². The zero-order valence-corrected chi connectivity index (χ0v) is 14.3. The number of nitrogens with one attached hydrogen (secondary N) is 1. The number of fused-ring (bicyclic) bond motifs is 1. The van der Waals surface area contributed by atoms with Crippen LogP contribution < -0.4 is 15.0 Å². The first-order chi connectivity index (χ1) is 12.2. The maximum Gasteiger partial charge on any atom is 0.236 e. The molecule has 0 fully saturated rings. The fourth-order valence-corrected chi connectivity index (χ4v) is 3.07. The maximum atomic E-state index is 12.6. The van der Waals surface area contributed by atoms with Crippen molar-refractivity contribution in [3.8, 4) is 5.75 Å². The van der Waals surface area contributed by atoms with Crippen molar-refractivity contribution in [3.63, 3.8) is 0 Å². The minimum atomic E-state index is -0.333. The fraction of sp³-hybridized carbons (Fsp3) is 0.300. The van der Waals surface area contributed by atoms with Crippen LogP contribution in [0.15, 0.2) is 48.5 Å². The predicted molar refractivity (Wildman–Crippen MR) is 98.0 cm³/mol. The van der Waals surface area contributed by atoms with E-state index in [-0.39, 0.29) is 18.2 Å². The fourth-order valence-electron chi connectivity index (χ4n) is 3.07. The Bertz CT molecular complexity index is 773. The van der Waals surface area contributed by atoms with Gasteiger partial charge in [-0.1, -0.05) is 30.3 Å². The lowest BCUT2D eigenvalue weighted by Crippen LogP contribution is -2.37. The van der Waals surface area contributed by atoms with E-state index in [0.717, 1.165) is 24.1 Å². The highest BCUT2D eigenvalue weighted by Gasteiger charge is 2.24. The van der Waals surface area contributed by atoms with Gasteiger partial charge in [-0.3, -0.25) is 9.59 Å². The van der Waals surface area contributed by atoms with Crippen LogP contribution in [0.25, 0.3) is 0 Å². The van der Waals surface area contributed by atoms with Gasteiger partial charge >= 0.3 is 0 Å². The van der Waals surface area contributed by atoms with Crippen LogP contribution in [-0.2, 0) is 16.0 Å². The first kappa shape index (κ1) is 17.0. The summed E-state index contributed by atoms with van der Waals surface area (Å²) >= 11 is 0. The van der Waals surface area contributed by atoms with Crippen LogP contribution in [0.1, 0.15) is 25.3 Å². The number of amides is 2. The molecule has 2 amide bonds. The third-order valence-corrected chi connectivity index (χ3v) is 4.18. The van der Waals surface area contributed by atoms with Crippen LogP contribution in [0.3, 0.4) is 0 Å². The van der Waals surface area contributed by atoms with Crippen molar-refractivity contribution in [2.24, 2.45) is 0 Å². The molecule has 0 aromatic heterocycles. The first-order valence-corrected chi connectivity index (χ1v) is 8.59. The molecule has 0 spiro atoms. The molecule has 1 aliphatic heterocycles. The van der Waals surface area contributed by atoms with E-state index < -0.39 is 0 Å². The van der Waals surface area contributed by atoms with Crippen LogP contribution in [0.2, 0.25) is 0 Å². The average molecular weight is 338 g/mol. The molecule has 2 aromatic rings. The summed E-state index contributed by atoms with van der Waals surface area (Å²) < 4.78 is 5.50. The van der Waals surface area contributed by atoms with Gasteiger partial charge in [0.25, 0.3) is 0 Å². The van der Waals surface area contributed by atoms with Crippen molar-refractivity contribution < 1.29 is 14.3 Å². The monoisotopic (exact) mass is 338 g/mol. The summed E-state index contributed by atoms with van der Waals surface area (Å²) in [5.74, 6) is 0.0906. The minimum absolute atomic E-state index is 0.182. The quantitative estimate of drug-likeness (QED) is 0.850. The Hall–Kier alpha value is -2.82. The van der Waals surface area contributed by atoms with E-state index in [0.29, 0.717) is 24.6 Å². The molecule has 1 aliphatic rings. The average Bonchev–Trinajstić information content (AvgIpc) is 2.63. The number of hydrogen-bond donors (Lipinski definition) is 1. The van der Waals surface area contributed by atoms with Crippen LogP contribution in [0.5, 0.6) is 5.75 Å². The highest BCUT2D eigenvalue weighted by molar-refractivity contribution is 6.09. The normalized spacial score (nSPS) is 13.1. The number of benzene rings is 2. The Morgan fingerprint density at radius 1 is 1.12 bits per heavy atom. The van der Waals surface area contributed by atoms with Crippen LogP contribution in [-0.4, -0.2) is 25.0 Å². The largest absolute Gasteiger partial charge is 0.492 e. The third kappa shape index (κ3) is 3.99. The molecule has 0 radical (unpaired) electrons. The Morgan fingerprint density at radius 2 is 1.88 bits per heavy atom. The van der Waals surface area contributed by atoms with E-state index in [1.54, 1.807) is 17.0 Å². The molecule has 5 heteroatoms. The molecule has 1 heterocycles. The Labute approximate surface area is 147 Å². The molecule has 0 unspecified atom stereocenters. The Balaban J connectivity index is 1.67. The van der Waals surface area contributed by atoms with E-state index in [2.05, 4.69) is 5.32 Å². The van der Waals surface area contributed by atoms with Crippen LogP contribution in [0, 0.1) is 0 Å². The van der Waals surface area contributed by atoms with Gasteiger partial charge in [-0.15, -0.1) is 0 Å². The van der Waals surface area contributed by atoms with Gasteiger partial charge in [0.15, 0.2) is 0 Å². The lowest BCUT2D eigenvalue weighted by atomic mass is 10.0. The van der Waals surface area contributed by atoms with Gasteiger partial charge in [-0.25, -0.2) is 0 Å². The molecule has 3 rings (SSSR count). The SMILES string of the molecule is CCOc1ccccc1NC(=O)CC(=O)N1CCCc2ccccc21. The van der Waals surface area contributed by atoms with Gasteiger partial charge in [-0.05, 0) is 43.5 Å². The second-order valence-electron chi connectivity index (χ2n) is 5.93. The number of aryl methyl sites for hydroxylation is 1. The van der Waals surface area contributed by atoms with Gasteiger partial charge < -0.3 is 15.0 Å². The zero-order valence-electron chi connectivity index (χ0n) is 14.3. The highest BCUT2D eigenvalue weighted by Crippen LogP contribution is 2.28. The van der Waals surface area contributed by atoms with Crippen molar-refractivity contribution in [3.05, 3.63) is 54.1 Å². The molecular formula is C20H22N2O3. The number of rotatable bonds is 5. The summed E-state index contributed by atoms with van der Waals surface area (Å²) in [5.41, 5.74) is 2.66. The molecule has 1 N–H and O–H groups in total. The molecule has 0 bridgehead atoms. The molecule has 0 aliphatic carbocycles.